The number of aromatic nitrogens is 2. The topological polar surface area (TPSA) is 238 Å². The number of carbonyl (C=O) groups excluding carboxylic acids is 2. The molecule has 49 heavy (non-hydrogen) atoms. The number of oxime groups is 1. The average molecular weight is 741 g/mol. The zero-order valence-corrected chi connectivity index (χ0v) is 28.1. The number of nitrogens with two attached hydrogens (primary N) is 1. The van der Waals surface area contributed by atoms with Crippen LogP contribution in [0.5, 0.6) is 11.5 Å². The molecular formula is C30H24N6O9S4. The molecule has 252 valence electrons. The molecule has 19 heteroatoms. The molecule has 6 rings (SSSR count). The van der Waals surface area contributed by atoms with Crippen molar-refractivity contribution >= 4 is 80.8 Å². The maximum absolute atomic E-state index is 13.4. The number of fused-ring (bicyclic) bond motifs is 1. The fourth-order valence-corrected chi connectivity index (χ4v) is 9.03. The van der Waals surface area contributed by atoms with Gasteiger partial charge in [0.1, 0.15) is 29.4 Å². The Labute approximate surface area is 293 Å². The molecule has 1 saturated heterocycles. The Morgan fingerprint density at radius 1 is 1.08 bits per heavy atom. The van der Waals surface area contributed by atoms with E-state index in [0.717, 1.165) is 44.9 Å². The molecule has 2 aliphatic heterocycles. The van der Waals surface area contributed by atoms with Gasteiger partial charge in [0, 0.05) is 16.9 Å². The molecule has 15 nitrogen and oxygen atoms in total. The van der Waals surface area contributed by atoms with Crippen LogP contribution in [0.15, 0.2) is 74.7 Å². The molecule has 0 aliphatic carbocycles. The maximum atomic E-state index is 13.4. The smallest absolute Gasteiger partial charge is 0.356 e. The highest BCUT2D eigenvalue weighted by Gasteiger charge is 2.54. The SMILES string of the molecule is Nc1nc(C(=NOCc2ccccc2)C(=O)N[C@@H]2C(=O)N3C(C(=O)O)=C(CSc4nc(C(=O)O)c(-c5ccc(O)c(O)c5)s4)CS[C@@H]23)cs1. The van der Waals surface area contributed by atoms with E-state index in [1.54, 1.807) is 0 Å². The predicted molar refractivity (Wildman–Crippen MR) is 183 cm³/mol. The number of amides is 2. The number of carboxylic acid groups (broad SMARTS) is 2. The van der Waals surface area contributed by atoms with Gasteiger partial charge in [-0.05, 0) is 34.9 Å². The monoisotopic (exact) mass is 740 g/mol. The molecule has 0 spiro atoms. The van der Waals surface area contributed by atoms with E-state index in [2.05, 4.69) is 20.4 Å². The van der Waals surface area contributed by atoms with E-state index in [1.165, 1.54) is 35.3 Å². The van der Waals surface area contributed by atoms with Crippen LogP contribution in [0.2, 0.25) is 0 Å². The fourth-order valence-electron chi connectivity index (χ4n) is 4.87. The average Bonchev–Trinajstić information content (AvgIpc) is 3.72. The van der Waals surface area contributed by atoms with Crippen molar-refractivity contribution in [2.24, 2.45) is 5.16 Å². The van der Waals surface area contributed by atoms with Gasteiger partial charge in [0.25, 0.3) is 11.8 Å². The largest absolute Gasteiger partial charge is 0.504 e. The van der Waals surface area contributed by atoms with Crippen molar-refractivity contribution in [3.05, 3.63) is 82.1 Å². The number of hydrogen-bond acceptors (Lipinski definition) is 15. The Morgan fingerprint density at radius 2 is 1.86 bits per heavy atom. The molecule has 2 aromatic heterocycles. The number of thioether (sulfide) groups is 2. The van der Waals surface area contributed by atoms with Crippen LogP contribution in [0.3, 0.4) is 0 Å². The third-order valence-corrected chi connectivity index (χ3v) is 11.5. The quantitative estimate of drug-likeness (QED) is 0.0402. The Balaban J connectivity index is 1.17. The molecule has 4 heterocycles. The summed E-state index contributed by atoms with van der Waals surface area (Å²) in [5, 5.41) is 47.0. The van der Waals surface area contributed by atoms with Gasteiger partial charge in [0.15, 0.2) is 32.4 Å². The minimum absolute atomic E-state index is 0.0692. The van der Waals surface area contributed by atoms with Gasteiger partial charge in [-0.2, -0.15) is 0 Å². The van der Waals surface area contributed by atoms with Crippen molar-refractivity contribution in [3.8, 4) is 21.9 Å². The van der Waals surface area contributed by atoms with Crippen LogP contribution in [-0.4, -0.2) is 87.7 Å². The summed E-state index contributed by atoms with van der Waals surface area (Å²) in [4.78, 5) is 66.1. The highest BCUT2D eigenvalue weighted by molar-refractivity contribution is 8.02. The van der Waals surface area contributed by atoms with Gasteiger partial charge in [0.2, 0.25) is 0 Å². The summed E-state index contributed by atoms with van der Waals surface area (Å²) in [5.74, 6) is -4.54. The molecule has 1 fully saturated rings. The lowest BCUT2D eigenvalue weighted by Gasteiger charge is -2.49. The van der Waals surface area contributed by atoms with Gasteiger partial charge in [-0.3, -0.25) is 14.5 Å². The van der Waals surface area contributed by atoms with Crippen molar-refractivity contribution in [2.45, 2.75) is 22.4 Å². The number of carbonyl (C=O) groups is 4. The third-order valence-electron chi connectivity index (χ3n) is 7.16. The number of nitrogens with one attached hydrogen (secondary N) is 1. The Morgan fingerprint density at radius 3 is 2.53 bits per heavy atom. The lowest BCUT2D eigenvalue weighted by Crippen LogP contribution is -2.71. The highest BCUT2D eigenvalue weighted by Crippen LogP contribution is 2.43. The van der Waals surface area contributed by atoms with Gasteiger partial charge < -0.3 is 36.3 Å². The van der Waals surface area contributed by atoms with Crippen LogP contribution < -0.4 is 11.1 Å². The van der Waals surface area contributed by atoms with Crippen LogP contribution in [0, 0.1) is 0 Å². The number of anilines is 1. The number of aromatic carboxylic acids is 1. The zero-order chi connectivity index (χ0) is 34.8. The van der Waals surface area contributed by atoms with Crippen molar-refractivity contribution in [2.75, 3.05) is 17.2 Å². The number of phenols is 2. The molecule has 2 aromatic carbocycles. The van der Waals surface area contributed by atoms with E-state index in [9.17, 15) is 39.6 Å². The second-order valence-corrected chi connectivity index (χ2v) is 14.6. The summed E-state index contributed by atoms with van der Waals surface area (Å²) in [6.45, 7) is 0.0692. The fraction of sp³-hybridized carbons (Fsp3) is 0.167. The van der Waals surface area contributed by atoms with Crippen molar-refractivity contribution < 1.29 is 44.4 Å². The molecule has 7 N–H and O–H groups in total. The highest BCUT2D eigenvalue weighted by atomic mass is 32.2. The molecule has 2 aliphatic rings. The van der Waals surface area contributed by atoms with E-state index < -0.39 is 40.9 Å². The lowest BCUT2D eigenvalue weighted by molar-refractivity contribution is -0.150. The first kappa shape index (κ1) is 33.8. The number of rotatable bonds is 12. The summed E-state index contributed by atoms with van der Waals surface area (Å²) < 4.78 is 0.313. The van der Waals surface area contributed by atoms with Crippen LogP contribution in [0.4, 0.5) is 5.13 Å². The number of thiazole rings is 2. The number of β-lactam (4-membered cyclic amide) rings is 1. The summed E-state index contributed by atoms with van der Waals surface area (Å²) in [6.07, 6.45) is 0. The van der Waals surface area contributed by atoms with Crippen LogP contribution >= 0.6 is 46.2 Å². The maximum Gasteiger partial charge on any atom is 0.356 e. The second kappa shape index (κ2) is 14.2. The summed E-state index contributed by atoms with van der Waals surface area (Å²) >= 11 is 4.47. The number of hydrogen-bond donors (Lipinski definition) is 6. The van der Waals surface area contributed by atoms with E-state index in [1.807, 2.05) is 30.3 Å². The number of phenolic OH excluding ortho intramolecular Hbond substituents is 2. The standard InChI is InChI=1S/C30H24N6O9S4/c31-29-32-16(12-47-29)19(35-45-9-13-4-2-1-3-5-13)24(39)33-21-25(40)36-22(28(43)44)15(10-46-26(21)36)11-48-30-34-20(27(41)42)23(49-30)14-6-7-17(37)18(38)8-14/h1-8,12,21,26,37-38H,9-11H2,(H2,31,32)(H,33,39)(H,41,42)(H,43,44)/t21-,26+/m1/s1. The van der Waals surface area contributed by atoms with Crippen LogP contribution in [0.1, 0.15) is 21.7 Å². The number of nitrogen functional groups attached to an aromatic ring is 1. The molecule has 2 atom stereocenters. The molecule has 4 aromatic rings. The van der Waals surface area contributed by atoms with Gasteiger partial charge in [-0.15, -0.1) is 34.4 Å². The summed E-state index contributed by atoms with van der Waals surface area (Å²) in [5.41, 5.74) is 6.76. The van der Waals surface area contributed by atoms with Crippen molar-refractivity contribution in [3.63, 3.8) is 0 Å². The first-order chi connectivity index (χ1) is 23.5. The minimum Gasteiger partial charge on any atom is -0.504 e. The van der Waals surface area contributed by atoms with Crippen molar-refractivity contribution in [1.82, 2.24) is 20.2 Å². The third kappa shape index (κ3) is 7.05. The predicted octanol–water partition coefficient (Wildman–Crippen LogP) is 3.41. The first-order valence-electron chi connectivity index (χ1n) is 14.1. The normalized spacial score (nSPS) is 17.3. The molecule has 0 radical (unpaired) electrons. The summed E-state index contributed by atoms with van der Waals surface area (Å²) in [6, 6.07) is 12.0. The first-order valence-corrected chi connectivity index (χ1v) is 17.8. The molecule has 2 amide bonds. The summed E-state index contributed by atoms with van der Waals surface area (Å²) in [7, 11) is 0. The second-order valence-electron chi connectivity index (χ2n) is 10.3. The molecule has 0 unspecified atom stereocenters. The number of nitrogens with zero attached hydrogens (tertiary/aromatic N) is 4. The minimum atomic E-state index is -1.33. The molecular weight excluding hydrogens is 717 g/mol. The van der Waals surface area contributed by atoms with Crippen LogP contribution in [-0.2, 0) is 25.8 Å². The van der Waals surface area contributed by atoms with Gasteiger partial charge in [-0.1, -0.05) is 47.2 Å². The van der Waals surface area contributed by atoms with Gasteiger partial charge >= 0.3 is 11.9 Å². The van der Waals surface area contributed by atoms with Crippen molar-refractivity contribution in [1.29, 1.82) is 0 Å². The number of benzene rings is 2. The van der Waals surface area contributed by atoms with E-state index in [0.29, 0.717) is 15.5 Å². The van der Waals surface area contributed by atoms with E-state index in [4.69, 9.17) is 10.6 Å². The van der Waals surface area contributed by atoms with E-state index in [-0.39, 0.29) is 56.7 Å². The molecule has 0 saturated carbocycles. The Bertz CT molecular complexity index is 2030. The lowest BCUT2D eigenvalue weighted by atomic mass is 10.0. The number of aliphatic carboxylic acids is 1. The van der Waals surface area contributed by atoms with Gasteiger partial charge in [0.05, 0.1) is 4.88 Å². The molecule has 0 bridgehead atoms. The van der Waals surface area contributed by atoms with E-state index >= 15 is 0 Å². The number of aromatic hydroxyl groups is 2. The Kier molecular flexibility index (Phi) is 9.77. The number of carboxylic acids is 2. The van der Waals surface area contributed by atoms with Crippen LogP contribution in [0.25, 0.3) is 10.4 Å². The Hall–Kier alpha value is -5.11. The zero-order valence-electron chi connectivity index (χ0n) is 24.8. The van der Waals surface area contributed by atoms with Gasteiger partial charge in [-0.25, -0.2) is 19.6 Å².